The first-order chi connectivity index (χ1) is 8.74. The number of halogens is 2. The third-order valence-corrected chi connectivity index (χ3v) is 1.85. The molecule has 0 N–H and O–H groups in total. The minimum atomic E-state index is 0.636. The van der Waals surface area contributed by atoms with Crippen LogP contribution in [0.25, 0.3) is 0 Å². The van der Waals surface area contributed by atoms with Crippen LogP contribution in [0, 0.1) is 39.5 Å². The minimum Gasteiger partial charge on any atom is -0.298 e. The second kappa shape index (κ2) is 11.5. The van der Waals surface area contributed by atoms with Gasteiger partial charge in [-0.1, -0.05) is 0 Å². The molecule has 4 nitrogen and oxygen atoms in total. The zero-order valence-electron chi connectivity index (χ0n) is 8.78. The summed E-state index contributed by atoms with van der Waals surface area (Å²) in [5, 5.41) is 2.26. The van der Waals surface area contributed by atoms with Crippen molar-refractivity contribution in [2.45, 2.75) is 0 Å². The molecule has 0 saturated carbocycles. The highest BCUT2D eigenvalue weighted by Gasteiger charge is 1.88. The predicted molar refractivity (Wildman–Crippen MR) is 75.4 cm³/mol. The van der Waals surface area contributed by atoms with E-state index in [0.29, 0.717) is 10.2 Å². The molecule has 18 heavy (non-hydrogen) atoms. The maximum absolute atomic E-state index is 10.1. The number of nitroso groups, excluding NO2 is 1. The van der Waals surface area contributed by atoms with Crippen molar-refractivity contribution in [1.82, 2.24) is 4.98 Å². The highest BCUT2D eigenvalue weighted by Crippen LogP contribution is 2.05. The Morgan fingerprint density at radius 3 is 2.50 bits per heavy atom. The van der Waals surface area contributed by atoms with Gasteiger partial charge in [0.15, 0.2) is 0 Å². The van der Waals surface area contributed by atoms with E-state index in [4.69, 9.17) is 0 Å². The molecular weight excluding hydrogens is 364 g/mol. The molecule has 0 aliphatic carbocycles. The third kappa shape index (κ3) is 9.30. The van der Waals surface area contributed by atoms with E-state index < -0.39 is 0 Å². The molecule has 0 aliphatic heterocycles. The summed E-state index contributed by atoms with van der Waals surface area (Å²) in [6.07, 6.45) is 2.36. The number of rotatable bonds is 1. The van der Waals surface area contributed by atoms with Crippen LogP contribution in [0.15, 0.2) is 28.1 Å². The Labute approximate surface area is 121 Å². The van der Waals surface area contributed by atoms with Gasteiger partial charge >= 0.3 is 0 Å². The second-order valence-corrected chi connectivity index (χ2v) is 3.54. The molecule has 0 aliphatic rings. The maximum Gasteiger partial charge on any atom is 0.150 e. The number of carbonyl (C=O) groups is 1. The lowest BCUT2D eigenvalue weighted by Crippen LogP contribution is -1.79. The Bertz CT molecular complexity index is 595. The minimum absolute atomic E-state index is 0.636. The standard InChI is InChI=1S/C6H4BrNO.C6BrNO/c7-6-3-5(4-9)1-2-8-6;7-5-3-1-2-4-6-8-9/h1-4H;. The van der Waals surface area contributed by atoms with Crippen molar-refractivity contribution < 1.29 is 4.79 Å². The highest BCUT2D eigenvalue weighted by molar-refractivity contribution is 9.12. The summed E-state index contributed by atoms with van der Waals surface area (Å²) in [6, 6.07) is 5.18. The lowest BCUT2D eigenvalue weighted by atomic mass is 10.3. The van der Waals surface area contributed by atoms with Gasteiger partial charge in [-0.3, -0.25) is 4.79 Å². The number of nitrogens with zero attached hydrogens (tertiary/aromatic N) is 2. The van der Waals surface area contributed by atoms with Crippen molar-refractivity contribution in [2.75, 3.05) is 0 Å². The summed E-state index contributed by atoms with van der Waals surface area (Å²) in [5.74, 6) is 9.14. The maximum atomic E-state index is 10.1. The fourth-order valence-corrected chi connectivity index (χ4v) is 1.11. The second-order valence-electron chi connectivity index (χ2n) is 2.33. The Morgan fingerprint density at radius 2 is 2.00 bits per heavy atom. The van der Waals surface area contributed by atoms with Gasteiger partial charge in [0.05, 0.1) is 6.04 Å². The molecule has 1 rings (SSSR count). The first-order valence-corrected chi connectivity index (χ1v) is 5.83. The normalized spacial score (nSPS) is 6.56. The van der Waals surface area contributed by atoms with Gasteiger partial charge in [-0.2, -0.15) is 0 Å². The summed E-state index contributed by atoms with van der Waals surface area (Å²) in [4.78, 5) is 25.6. The van der Waals surface area contributed by atoms with Gasteiger partial charge in [-0.05, 0) is 44.7 Å². The Hall–Kier alpha value is -1.94. The molecule has 0 unspecified atom stereocenters. The largest absolute Gasteiger partial charge is 0.298 e. The summed E-state index contributed by atoms with van der Waals surface area (Å²) >= 11 is 5.95. The molecule has 0 fully saturated rings. The van der Waals surface area contributed by atoms with Crippen LogP contribution in [0.3, 0.4) is 0 Å². The quantitative estimate of drug-likeness (QED) is 0.332. The van der Waals surface area contributed by atoms with Gasteiger partial charge in [0.25, 0.3) is 0 Å². The Morgan fingerprint density at radius 1 is 1.28 bits per heavy atom. The number of aldehydes is 1. The van der Waals surface area contributed by atoms with Crippen LogP contribution in [0.5, 0.6) is 0 Å². The van der Waals surface area contributed by atoms with E-state index in [9.17, 15) is 9.70 Å². The summed E-state index contributed by atoms with van der Waals surface area (Å²) < 4.78 is 0.687. The van der Waals surface area contributed by atoms with Gasteiger partial charge < -0.3 is 0 Å². The van der Waals surface area contributed by atoms with E-state index >= 15 is 0 Å². The third-order valence-electron chi connectivity index (χ3n) is 1.22. The lowest BCUT2D eigenvalue weighted by Gasteiger charge is -1.87. The van der Waals surface area contributed by atoms with Crippen molar-refractivity contribution in [1.29, 1.82) is 0 Å². The van der Waals surface area contributed by atoms with Gasteiger partial charge in [0.1, 0.15) is 10.9 Å². The molecule has 1 heterocycles. The fraction of sp³-hybridized carbons (Fsp3) is 0. The number of hydrogen-bond donors (Lipinski definition) is 0. The van der Waals surface area contributed by atoms with Crippen molar-refractivity contribution in [3.8, 4) is 34.6 Å². The SMILES string of the molecule is O=Cc1ccnc(Br)c1.O=NC#CC#CC#CBr. The summed E-state index contributed by atoms with van der Waals surface area (Å²) in [5.41, 5.74) is 0.636. The molecule has 0 amide bonds. The molecule has 0 spiro atoms. The van der Waals surface area contributed by atoms with Crippen LogP contribution in [0.1, 0.15) is 10.4 Å². The van der Waals surface area contributed by atoms with Crippen molar-refractivity contribution in [3.05, 3.63) is 33.4 Å². The van der Waals surface area contributed by atoms with Gasteiger partial charge in [-0.25, -0.2) is 4.98 Å². The molecule has 0 atom stereocenters. The molecule has 0 bridgehead atoms. The van der Waals surface area contributed by atoms with Crippen LogP contribution >= 0.6 is 31.9 Å². The predicted octanol–water partition coefficient (Wildman–Crippen LogP) is 2.73. The first kappa shape index (κ1) is 16.1. The average molecular weight is 368 g/mol. The Balaban J connectivity index is 0.000000321. The van der Waals surface area contributed by atoms with Crippen LogP contribution in [0.4, 0.5) is 0 Å². The molecule has 6 heteroatoms. The summed E-state index contributed by atoms with van der Waals surface area (Å²) in [6.45, 7) is 0. The van der Waals surface area contributed by atoms with Crippen molar-refractivity contribution >= 4 is 38.1 Å². The first-order valence-electron chi connectivity index (χ1n) is 4.24. The van der Waals surface area contributed by atoms with Crippen molar-refractivity contribution in [2.24, 2.45) is 5.18 Å². The zero-order chi connectivity index (χ0) is 13.6. The summed E-state index contributed by atoms with van der Waals surface area (Å²) in [7, 11) is 0. The lowest BCUT2D eigenvalue weighted by molar-refractivity contribution is 0.112. The van der Waals surface area contributed by atoms with Crippen LogP contribution in [0.2, 0.25) is 0 Å². The average Bonchev–Trinajstić information content (AvgIpc) is 2.39. The fourth-order valence-electron chi connectivity index (χ4n) is 0.628. The van der Waals surface area contributed by atoms with E-state index in [1.807, 2.05) is 6.04 Å². The number of hydrogen-bond acceptors (Lipinski definition) is 4. The molecule has 0 saturated heterocycles. The molecule has 1 aromatic rings. The van der Waals surface area contributed by atoms with E-state index in [-0.39, 0.29) is 0 Å². The van der Waals surface area contributed by atoms with Crippen LogP contribution in [-0.2, 0) is 0 Å². The molecule has 0 aromatic carbocycles. The van der Waals surface area contributed by atoms with E-state index in [2.05, 4.69) is 70.5 Å². The highest BCUT2D eigenvalue weighted by atomic mass is 79.9. The van der Waals surface area contributed by atoms with Crippen molar-refractivity contribution in [3.63, 3.8) is 0 Å². The van der Waals surface area contributed by atoms with E-state index in [1.54, 1.807) is 18.3 Å². The number of pyridine rings is 1. The van der Waals surface area contributed by atoms with Gasteiger partial charge in [-0.15, -0.1) is 4.91 Å². The van der Waals surface area contributed by atoms with E-state index in [0.717, 1.165) is 6.29 Å². The topological polar surface area (TPSA) is 59.4 Å². The zero-order valence-corrected chi connectivity index (χ0v) is 11.9. The molecule has 0 radical (unpaired) electrons. The van der Waals surface area contributed by atoms with Gasteiger partial charge in [0, 0.05) is 44.7 Å². The monoisotopic (exact) mass is 366 g/mol. The molecular formula is C12H4Br2N2O2. The van der Waals surface area contributed by atoms with Crippen LogP contribution < -0.4 is 0 Å². The molecule has 1 aromatic heterocycles. The Kier molecular flexibility index (Phi) is 10.3. The number of aromatic nitrogens is 1. The van der Waals surface area contributed by atoms with Crippen LogP contribution in [-0.4, -0.2) is 11.3 Å². The molecule has 88 valence electrons. The smallest absolute Gasteiger partial charge is 0.150 e. The van der Waals surface area contributed by atoms with E-state index in [1.165, 1.54) is 0 Å². The number of carbonyl (C=O) groups excluding carboxylic acids is 1. The van der Waals surface area contributed by atoms with Gasteiger partial charge in [0.2, 0.25) is 0 Å².